The maximum Gasteiger partial charge on any atom is 0.278 e. The third kappa shape index (κ3) is 3.36. The highest BCUT2D eigenvalue weighted by molar-refractivity contribution is 7.89. The molecule has 0 saturated carbocycles. The predicted molar refractivity (Wildman–Crippen MR) is 76.4 cm³/mol. The van der Waals surface area contributed by atoms with Crippen molar-refractivity contribution in [3.05, 3.63) is 47.8 Å². The third-order valence-electron chi connectivity index (χ3n) is 2.75. The molecule has 1 amide bonds. The van der Waals surface area contributed by atoms with Crippen LogP contribution in [0.3, 0.4) is 0 Å². The fourth-order valence-corrected chi connectivity index (χ4v) is 2.55. The van der Waals surface area contributed by atoms with E-state index in [1.165, 1.54) is 36.5 Å². The van der Waals surface area contributed by atoms with Crippen LogP contribution in [0.1, 0.15) is 16.1 Å². The van der Waals surface area contributed by atoms with Crippen molar-refractivity contribution < 1.29 is 18.3 Å². The van der Waals surface area contributed by atoms with Gasteiger partial charge in [0.1, 0.15) is 5.75 Å². The largest absolute Gasteiger partial charge is 0.505 e. The maximum absolute atomic E-state index is 12.0. The fourth-order valence-electron chi connectivity index (χ4n) is 1.75. The van der Waals surface area contributed by atoms with E-state index in [2.05, 4.69) is 10.3 Å². The topological polar surface area (TPSA) is 122 Å². The lowest BCUT2D eigenvalue weighted by Crippen LogP contribution is -2.16. The van der Waals surface area contributed by atoms with Crippen LogP contribution in [0.5, 0.6) is 5.75 Å². The molecule has 7 nitrogen and oxygen atoms in total. The summed E-state index contributed by atoms with van der Waals surface area (Å²) >= 11 is 0. The molecule has 8 heteroatoms. The zero-order chi connectivity index (χ0) is 15.6. The second-order valence-corrected chi connectivity index (χ2v) is 5.88. The highest BCUT2D eigenvalue weighted by Gasteiger charge is 2.15. The van der Waals surface area contributed by atoms with E-state index in [4.69, 9.17) is 5.14 Å². The molecule has 1 heterocycles. The van der Waals surface area contributed by atoms with Crippen molar-refractivity contribution in [2.75, 3.05) is 5.32 Å². The number of nitrogens with two attached hydrogens (primary N) is 1. The molecule has 21 heavy (non-hydrogen) atoms. The molecule has 4 N–H and O–H groups in total. The van der Waals surface area contributed by atoms with Crippen LogP contribution in [0.25, 0.3) is 0 Å². The number of pyridine rings is 1. The summed E-state index contributed by atoms with van der Waals surface area (Å²) in [5, 5.41) is 17.1. The van der Waals surface area contributed by atoms with Gasteiger partial charge in [-0.05, 0) is 36.8 Å². The Labute approximate surface area is 121 Å². The van der Waals surface area contributed by atoms with Gasteiger partial charge in [-0.2, -0.15) is 0 Å². The van der Waals surface area contributed by atoms with Crippen molar-refractivity contribution in [3.63, 3.8) is 0 Å². The van der Waals surface area contributed by atoms with E-state index in [1.807, 2.05) is 0 Å². The van der Waals surface area contributed by atoms with Gasteiger partial charge in [0, 0.05) is 11.9 Å². The molecule has 0 aliphatic rings. The van der Waals surface area contributed by atoms with Crippen molar-refractivity contribution in [1.29, 1.82) is 0 Å². The van der Waals surface area contributed by atoms with Gasteiger partial charge in [0.15, 0.2) is 5.69 Å². The average Bonchev–Trinajstić information content (AvgIpc) is 2.40. The summed E-state index contributed by atoms with van der Waals surface area (Å²) in [6.07, 6.45) is 1.36. The number of hydrogen-bond acceptors (Lipinski definition) is 5. The van der Waals surface area contributed by atoms with Gasteiger partial charge in [-0.15, -0.1) is 0 Å². The van der Waals surface area contributed by atoms with Gasteiger partial charge in [0.2, 0.25) is 10.0 Å². The lowest BCUT2D eigenvalue weighted by Gasteiger charge is -2.09. The van der Waals surface area contributed by atoms with Crippen LogP contribution in [-0.4, -0.2) is 24.4 Å². The van der Waals surface area contributed by atoms with Gasteiger partial charge in [-0.1, -0.05) is 6.07 Å². The van der Waals surface area contributed by atoms with E-state index in [0.29, 0.717) is 5.56 Å². The van der Waals surface area contributed by atoms with Gasteiger partial charge in [0.25, 0.3) is 5.91 Å². The minimum absolute atomic E-state index is 0.0782. The molecular weight excluding hydrogens is 294 g/mol. The Morgan fingerprint density at radius 1 is 1.33 bits per heavy atom. The van der Waals surface area contributed by atoms with Crippen LogP contribution in [0.15, 0.2) is 41.4 Å². The van der Waals surface area contributed by atoms with Crippen molar-refractivity contribution in [2.24, 2.45) is 5.14 Å². The van der Waals surface area contributed by atoms with Crippen molar-refractivity contribution in [2.45, 2.75) is 11.8 Å². The summed E-state index contributed by atoms with van der Waals surface area (Å²) < 4.78 is 22.9. The SMILES string of the molecule is Cc1ccc(NC(=O)c2ncccc2O)cc1S(N)(=O)=O. The minimum atomic E-state index is -3.88. The van der Waals surface area contributed by atoms with E-state index in [9.17, 15) is 18.3 Å². The summed E-state index contributed by atoms with van der Waals surface area (Å²) in [6, 6.07) is 7.11. The summed E-state index contributed by atoms with van der Waals surface area (Å²) in [4.78, 5) is 15.6. The zero-order valence-electron chi connectivity index (χ0n) is 11.1. The fraction of sp³-hybridized carbons (Fsp3) is 0.0769. The number of primary sulfonamides is 1. The number of aryl methyl sites for hydroxylation is 1. The number of aromatic hydroxyl groups is 1. The number of carbonyl (C=O) groups is 1. The lowest BCUT2D eigenvalue weighted by molar-refractivity contribution is 0.101. The number of hydrogen-bond donors (Lipinski definition) is 3. The molecule has 0 unspecified atom stereocenters. The lowest BCUT2D eigenvalue weighted by atomic mass is 10.2. The standard InChI is InChI=1S/C13H13N3O4S/c1-8-4-5-9(7-11(8)21(14,19)20)16-13(18)12-10(17)3-2-6-15-12/h2-7,17H,1H3,(H,16,18)(H2,14,19,20). The quantitative estimate of drug-likeness (QED) is 0.780. The van der Waals surface area contributed by atoms with Crippen LogP contribution in [0, 0.1) is 6.92 Å². The molecule has 0 spiro atoms. The predicted octanol–water partition coefficient (Wildman–Crippen LogP) is 0.995. The molecule has 1 aromatic carbocycles. The zero-order valence-corrected chi connectivity index (χ0v) is 11.9. The molecule has 0 fully saturated rings. The molecular formula is C13H13N3O4S. The average molecular weight is 307 g/mol. The first-order valence-electron chi connectivity index (χ1n) is 5.88. The Kier molecular flexibility index (Phi) is 3.92. The van der Waals surface area contributed by atoms with Gasteiger partial charge < -0.3 is 10.4 Å². The molecule has 0 aliphatic heterocycles. The number of carbonyl (C=O) groups excluding carboxylic acids is 1. The Bertz CT molecular complexity index is 803. The Morgan fingerprint density at radius 3 is 2.67 bits per heavy atom. The maximum atomic E-state index is 12.0. The van der Waals surface area contributed by atoms with Crippen LogP contribution in [-0.2, 0) is 10.0 Å². The van der Waals surface area contributed by atoms with Crippen molar-refractivity contribution in [1.82, 2.24) is 4.98 Å². The van der Waals surface area contributed by atoms with E-state index in [1.54, 1.807) is 6.92 Å². The normalized spacial score (nSPS) is 11.1. The van der Waals surface area contributed by atoms with Crippen LogP contribution in [0.2, 0.25) is 0 Å². The first-order valence-corrected chi connectivity index (χ1v) is 7.42. The molecule has 2 aromatic rings. The Balaban J connectivity index is 2.33. The van der Waals surface area contributed by atoms with Gasteiger partial charge in [-0.25, -0.2) is 18.5 Å². The third-order valence-corrected chi connectivity index (χ3v) is 3.81. The van der Waals surface area contributed by atoms with E-state index in [0.717, 1.165) is 0 Å². The molecule has 0 radical (unpaired) electrons. The van der Waals surface area contributed by atoms with E-state index < -0.39 is 15.9 Å². The van der Waals surface area contributed by atoms with E-state index in [-0.39, 0.29) is 22.0 Å². The van der Waals surface area contributed by atoms with Crippen molar-refractivity contribution in [3.8, 4) is 5.75 Å². The molecule has 0 aliphatic carbocycles. The molecule has 0 atom stereocenters. The highest BCUT2D eigenvalue weighted by atomic mass is 32.2. The molecule has 1 aromatic heterocycles. The molecule has 0 saturated heterocycles. The number of rotatable bonds is 3. The second kappa shape index (κ2) is 5.51. The monoisotopic (exact) mass is 307 g/mol. The number of nitrogens with zero attached hydrogens (tertiary/aromatic N) is 1. The van der Waals surface area contributed by atoms with E-state index >= 15 is 0 Å². The summed E-state index contributed by atoms with van der Waals surface area (Å²) in [6.45, 7) is 1.59. The number of benzene rings is 1. The number of aromatic nitrogens is 1. The van der Waals surface area contributed by atoms with Crippen LogP contribution in [0.4, 0.5) is 5.69 Å². The summed E-state index contributed by atoms with van der Waals surface area (Å²) in [5.74, 6) is -0.925. The summed E-state index contributed by atoms with van der Waals surface area (Å²) in [5.41, 5.74) is 0.547. The Morgan fingerprint density at radius 2 is 2.05 bits per heavy atom. The molecule has 0 bridgehead atoms. The molecule has 110 valence electrons. The minimum Gasteiger partial charge on any atom is -0.505 e. The number of anilines is 1. The number of sulfonamides is 1. The smallest absolute Gasteiger partial charge is 0.278 e. The highest BCUT2D eigenvalue weighted by Crippen LogP contribution is 2.20. The van der Waals surface area contributed by atoms with Crippen molar-refractivity contribution >= 4 is 21.6 Å². The molecule has 2 rings (SSSR count). The first kappa shape index (κ1) is 14.9. The van der Waals surface area contributed by atoms with Gasteiger partial charge in [0.05, 0.1) is 4.90 Å². The second-order valence-electron chi connectivity index (χ2n) is 4.35. The number of amides is 1. The number of nitrogens with one attached hydrogen (secondary N) is 1. The first-order chi connectivity index (χ1) is 9.79. The van der Waals surface area contributed by atoms with Crippen LogP contribution < -0.4 is 10.5 Å². The summed E-state index contributed by atoms with van der Waals surface area (Å²) in [7, 11) is -3.88. The van der Waals surface area contributed by atoms with Crippen LogP contribution >= 0.6 is 0 Å². The van der Waals surface area contributed by atoms with Gasteiger partial charge >= 0.3 is 0 Å². The Hall–Kier alpha value is -2.45. The van der Waals surface area contributed by atoms with Gasteiger partial charge in [-0.3, -0.25) is 4.79 Å².